The normalized spacial score (nSPS) is 12.5. The van der Waals surface area contributed by atoms with Crippen molar-refractivity contribution in [2.75, 3.05) is 0 Å². The van der Waals surface area contributed by atoms with Crippen LogP contribution in [0, 0.1) is 6.33 Å². The van der Waals surface area contributed by atoms with Crippen LogP contribution < -0.4 is 9.30 Å². The molecule has 5 heterocycles. The zero-order valence-corrected chi connectivity index (χ0v) is 42.4. The zero-order valence-electron chi connectivity index (χ0n) is 42.4. The summed E-state index contributed by atoms with van der Waals surface area (Å²) >= 11 is 0. The highest BCUT2D eigenvalue weighted by atomic mass is 16.5. The van der Waals surface area contributed by atoms with E-state index in [0.29, 0.717) is 0 Å². The molecule has 0 fully saturated rings. The van der Waals surface area contributed by atoms with Crippen molar-refractivity contribution in [1.82, 2.24) is 18.7 Å². The maximum atomic E-state index is 6.91. The number of benzene rings is 9. The lowest BCUT2D eigenvalue weighted by atomic mass is 9.82. The molecule has 6 nitrogen and oxygen atoms in total. The molecule has 1 aliphatic rings. The van der Waals surface area contributed by atoms with E-state index < -0.39 is 0 Å². The first-order chi connectivity index (χ1) is 36.0. The Kier molecular flexibility index (Phi) is 9.61. The first kappa shape index (κ1) is 43.8. The number of ether oxygens (including phenoxy) is 1. The predicted octanol–water partition coefficient (Wildman–Crippen LogP) is 17.0. The first-order valence-electron chi connectivity index (χ1n) is 25.6. The van der Waals surface area contributed by atoms with E-state index in [2.05, 4.69) is 266 Å². The number of para-hydroxylation sites is 5. The fourth-order valence-corrected chi connectivity index (χ4v) is 11.6. The number of rotatable bonds is 5. The average molecular weight is 956 g/mol. The molecule has 6 heteroatoms. The second kappa shape index (κ2) is 16.3. The van der Waals surface area contributed by atoms with Crippen LogP contribution in [0.3, 0.4) is 0 Å². The summed E-state index contributed by atoms with van der Waals surface area (Å²) in [5.74, 6) is 2.34. The van der Waals surface area contributed by atoms with E-state index in [9.17, 15) is 0 Å². The smallest absolute Gasteiger partial charge is 0.269 e. The molecule has 0 saturated heterocycles. The van der Waals surface area contributed by atoms with Crippen LogP contribution in [-0.4, -0.2) is 18.7 Å². The Morgan fingerprint density at radius 3 is 1.69 bits per heavy atom. The van der Waals surface area contributed by atoms with Gasteiger partial charge in [0.05, 0.1) is 50.2 Å². The second-order valence-electron chi connectivity index (χ2n) is 21.8. The zero-order chi connectivity index (χ0) is 50.0. The molecular weight excluding hydrogens is 903 g/mol. The maximum Gasteiger partial charge on any atom is 0.269 e. The largest absolute Gasteiger partial charge is 0.458 e. The topological polar surface area (TPSA) is 40.8 Å². The number of hydrogen-bond donors (Lipinski definition) is 0. The Bertz CT molecular complexity index is 4380. The molecule has 4 aromatic heterocycles. The van der Waals surface area contributed by atoms with E-state index in [1.165, 1.54) is 49.5 Å². The molecule has 0 aliphatic carbocycles. The molecule has 0 N–H and O–H groups in total. The summed E-state index contributed by atoms with van der Waals surface area (Å²) in [6.07, 6.45) is 5.95. The van der Waals surface area contributed by atoms with Crippen LogP contribution >= 0.6 is 0 Å². The van der Waals surface area contributed by atoms with Crippen molar-refractivity contribution in [3.05, 3.63) is 230 Å². The number of aromatic nitrogens is 5. The van der Waals surface area contributed by atoms with Gasteiger partial charge in [0.1, 0.15) is 17.3 Å². The number of pyridine rings is 1. The minimum atomic E-state index is -0.0804. The SMILES string of the molecule is CC(C)(C)c1ccnc(-n2c3ccccc3c3ccc(Oc4cccc(-n5[c-][n+]6c7c(cccc75)-c5ccccc5-c5ccc(C(C)(C)C)cc5-c5cccc(-n7c8ccccc8c8ccccc87)c5-6)c4)cc32)c1. The molecule has 1 aliphatic heterocycles. The molecule has 0 spiro atoms. The van der Waals surface area contributed by atoms with E-state index in [4.69, 9.17) is 9.72 Å². The van der Waals surface area contributed by atoms with E-state index in [1.807, 2.05) is 12.3 Å². The monoisotopic (exact) mass is 955 g/mol. The highest BCUT2D eigenvalue weighted by Gasteiger charge is 2.29. The lowest BCUT2D eigenvalue weighted by Gasteiger charge is -2.24. The fraction of sp³-hybridized carbons (Fsp3) is 0.118. The third-order valence-corrected chi connectivity index (χ3v) is 15.2. The molecule has 9 aromatic carbocycles. The summed E-state index contributed by atoms with van der Waals surface area (Å²) in [6.45, 7) is 13.6. The van der Waals surface area contributed by atoms with Gasteiger partial charge < -0.3 is 9.30 Å². The standard InChI is InChI=1S/C68H53N5O/c1-67(2,3)43-32-34-50-48-20-7-8-21-49(48)55-25-16-30-61-65(55)71(66-56(57(50)38-43)26-17-31-62(66)72-58-27-12-9-22-51(58)52-23-10-13-28-59(52)72)42-70(61)45-18-15-19-46(40-45)74-47-33-35-54-53-24-11-14-29-60(53)73(63(54)41-47)64-39-44(36-37-69-64)68(4,5)6/h7-41H,1-6H3. The van der Waals surface area contributed by atoms with Crippen LogP contribution in [0.4, 0.5) is 0 Å². The highest BCUT2D eigenvalue weighted by Crippen LogP contribution is 2.47. The van der Waals surface area contributed by atoms with Gasteiger partial charge in [-0.1, -0.05) is 175 Å². The molecule has 0 saturated carbocycles. The molecule has 0 bridgehead atoms. The van der Waals surface area contributed by atoms with Crippen LogP contribution in [0.25, 0.3) is 111 Å². The molecule has 0 atom stereocenters. The van der Waals surface area contributed by atoms with Gasteiger partial charge in [-0.2, -0.15) is 0 Å². The van der Waals surface area contributed by atoms with E-state index in [0.717, 1.165) is 84.0 Å². The van der Waals surface area contributed by atoms with Crippen molar-refractivity contribution in [3.63, 3.8) is 0 Å². The van der Waals surface area contributed by atoms with Gasteiger partial charge in [-0.15, -0.1) is 0 Å². The molecule has 74 heavy (non-hydrogen) atoms. The third kappa shape index (κ3) is 6.78. The van der Waals surface area contributed by atoms with Gasteiger partial charge in [0, 0.05) is 33.8 Å². The average Bonchev–Trinajstić information content (AvgIpc) is 4.12. The molecule has 13 aromatic rings. The third-order valence-electron chi connectivity index (χ3n) is 15.2. The number of hydrogen-bond acceptors (Lipinski definition) is 2. The predicted molar refractivity (Wildman–Crippen MR) is 304 cm³/mol. The van der Waals surface area contributed by atoms with Crippen LogP contribution in [0.1, 0.15) is 52.7 Å². The van der Waals surface area contributed by atoms with Gasteiger partial charge >= 0.3 is 0 Å². The Morgan fingerprint density at radius 2 is 0.973 bits per heavy atom. The van der Waals surface area contributed by atoms with Gasteiger partial charge in [-0.3, -0.25) is 13.7 Å². The van der Waals surface area contributed by atoms with Crippen LogP contribution in [0.5, 0.6) is 11.5 Å². The lowest BCUT2D eigenvalue weighted by Crippen LogP contribution is -2.32. The summed E-state index contributed by atoms with van der Waals surface area (Å²) < 4.78 is 16.2. The van der Waals surface area contributed by atoms with Crippen molar-refractivity contribution < 1.29 is 9.30 Å². The van der Waals surface area contributed by atoms with Crippen LogP contribution in [-0.2, 0) is 10.8 Å². The summed E-state index contributed by atoms with van der Waals surface area (Å²) in [5.41, 5.74) is 19.0. The van der Waals surface area contributed by atoms with Crippen molar-refractivity contribution in [1.29, 1.82) is 0 Å². The van der Waals surface area contributed by atoms with Crippen LogP contribution in [0.15, 0.2) is 212 Å². The molecule has 0 unspecified atom stereocenters. The Balaban J connectivity index is 0.993. The van der Waals surface area contributed by atoms with E-state index in [1.54, 1.807) is 0 Å². The second-order valence-corrected chi connectivity index (χ2v) is 21.8. The van der Waals surface area contributed by atoms with Gasteiger partial charge in [-0.25, -0.2) is 4.98 Å². The Labute approximate surface area is 430 Å². The van der Waals surface area contributed by atoms with Crippen LogP contribution in [0.2, 0.25) is 0 Å². The summed E-state index contributed by atoms with van der Waals surface area (Å²) in [4.78, 5) is 4.93. The van der Waals surface area contributed by atoms with E-state index >= 15 is 0 Å². The first-order valence-corrected chi connectivity index (χ1v) is 25.6. The summed E-state index contributed by atoms with van der Waals surface area (Å²) in [7, 11) is 0. The van der Waals surface area contributed by atoms with E-state index in [-0.39, 0.29) is 10.8 Å². The van der Waals surface area contributed by atoms with Crippen molar-refractivity contribution in [3.8, 4) is 67.8 Å². The van der Waals surface area contributed by atoms with Gasteiger partial charge in [0.2, 0.25) is 0 Å². The molecule has 356 valence electrons. The molecule has 14 rings (SSSR count). The highest BCUT2D eigenvalue weighted by molar-refractivity contribution is 6.11. The number of fused-ring (bicyclic) bond motifs is 13. The summed E-state index contributed by atoms with van der Waals surface area (Å²) in [6, 6.07) is 74.8. The molecule has 0 amide bonds. The minimum Gasteiger partial charge on any atom is -0.458 e. The fourth-order valence-electron chi connectivity index (χ4n) is 11.6. The van der Waals surface area contributed by atoms with Gasteiger partial charge in [0.25, 0.3) is 6.33 Å². The molecular formula is C68H53N5O. The summed E-state index contributed by atoms with van der Waals surface area (Å²) in [5, 5.41) is 4.75. The quantitative estimate of drug-likeness (QED) is 0.127. The maximum absolute atomic E-state index is 6.91. The van der Waals surface area contributed by atoms with Gasteiger partial charge in [0.15, 0.2) is 0 Å². The minimum absolute atomic E-state index is 0.0291. The van der Waals surface area contributed by atoms with Gasteiger partial charge in [-0.05, 0) is 122 Å². The number of imidazole rings is 1. The lowest BCUT2D eigenvalue weighted by molar-refractivity contribution is -0.571. The Morgan fingerprint density at radius 1 is 0.419 bits per heavy atom. The Hall–Kier alpha value is -9.00. The van der Waals surface area contributed by atoms with Crippen molar-refractivity contribution >= 4 is 54.6 Å². The van der Waals surface area contributed by atoms with Crippen molar-refractivity contribution in [2.24, 2.45) is 0 Å². The molecule has 0 radical (unpaired) electrons. The number of nitrogens with zero attached hydrogens (tertiary/aromatic N) is 5. The van der Waals surface area contributed by atoms with Crippen molar-refractivity contribution in [2.45, 2.75) is 52.4 Å².